The zero-order valence-electron chi connectivity index (χ0n) is 8.73. The largest absolute Gasteiger partial charge is 0.328 e. The van der Waals surface area contributed by atoms with Crippen LogP contribution in [0, 0.1) is 0 Å². The van der Waals surface area contributed by atoms with Gasteiger partial charge in [0.1, 0.15) is 5.69 Å². The summed E-state index contributed by atoms with van der Waals surface area (Å²) < 4.78 is 1.71. The van der Waals surface area contributed by atoms with E-state index in [9.17, 15) is 4.79 Å². The lowest BCUT2D eigenvalue weighted by atomic mass is 10.1. The average Bonchev–Trinajstić information content (AvgIpc) is 2.61. The molecule has 1 aromatic heterocycles. The quantitative estimate of drug-likeness (QED) is 0.718. The minimum absolute atomic E-state index is 0.0805. The van der Waals surface area contributed by atoms with Gasteiger partial charge in [-0.05, 0) is 26.3 Å². The van der Waals surface area contributed by atoms with Crippen LogP contribution in [-0.2, 0) is 6.54 Å². The molecule has 2 N–H and O–H groups in total. The first-order valence-corrected chi connectivity index (χ1v) is 4.95. The van der Waals surface area contributed by atoms with Gasteiger partial charge in [-0.1, -0.05) is 0 Å². The fraction of sp³-hybridized carbons (Fsp3) is 0.600. The molecular formula is C10H17N3O. The Kier molecular flexibility index (Phi) is 3.83. The van der Waals surface area contributed by atoms with Gasteiger partial charge in [0.05, 0.1) is 0 Å². The number of ketones is 1. The normalized spacial score (nSPS) is 12.8. The summed E-state index contributed by atoms with van der Waals surface area (Å²) in [7, 11) is 0. The summed E-state index contributed by atoms with van der Waals surface area (Å²) in [6, 6.07) is 1.84. The Balaban J connectivity index is 2.60. The number of nitrogens with two attached hydrogens (primary N) is 1. The van der Waals surface area contributed by atoms with Crippen LogP contribution in [-0.4, -0.2) is 21.6 Å². The van der Waals surface area contributed by atoms with Gasteiger partial charge in [0, 0.05) is 25.2 Å². The maximum atomic E-state index is 11.7. The van der Waals surface area contributed by atoms with Crippen LogP contribution in [0.5, 0.6) is 0 Å². The van der Waals surface area contributed by atoms with Crippen LogP contribution in [0.1, 0.15) is 37.2 Å². The third-order valence-electron chi connectivity index (χ3n) is 2.13. The topological polar surface area (TPSA) is 60.9 Å². The second kappa shape index (κ2) is 4.91. The standard InChI is InChI=1S/C10H17N3O/c1-3-13-9(6-7-12-13)10(14)5-4-8(2)11/h6-8H,3-5,11H2,1-2H3. The molecule has 1 atom stereocenters. The number of carbonyl (C=O) groups is 1. The predicted molar refractivity (Wildman–Crippen MR) is 55.1 cm³/mol. The number of Topliss-reactive ketones (excluding diaryl/α,β-unsaturated/α-hetero) is 1. The molecule has 0 amide bonds. The predicted octanol–water partition coefficient (Wildman–Crippen LogP) is 1.21. The first kappa shape index (κ1) is 10.9. The van der Waals surface area contributed by atoms with Crippen molar-refractivity contribution in [1.82, 2.24) is 9.78 Å². The maximum Gasteiger partial charge on any atom is 0.180 e. The molecule has 0 aliphatic carbocycles. The monoisotopic (exact) mass is 195 g/mol. The molecule has 78 valence electrons. The first-order valence-electron chi connectivity index (χ1n) is 4.95. The number of carbonyl (C=O) groups excluding carboxylic acids is 1. The van der Waals surface area contributed by atoms with Crippen LogP contribution in [0.15, 0.2) is 12.3 Å². The van der Waals surface area contributed by atoms with Gasteiger partial charge in [-0.15, -0.1) is 0 Å². The summed E-state index contributed by atoms with van der Waals surface area (Å²) >= 11 is 0. The van der Waals surface area contributed by atoms with Gasteiger partial charge in [-0.3, -0.25) is 9.48 Å². The molecule has 1 unspecified atom stereocenters. The zero-order valence-corrected chi connectivity index (χ0v) is 8.73. The van der Waals surface area contributed by atoms with Gasteiger partial charge in [0.15, 0.2) is 5.78 Å². The molecule has 0 saturated heterocycles. The highest BCUT2D eigenvalue weighted by molar-refractivity contribution is 5.94. The SMILES string of the molecule is CCn1nccc1C(=O)CCC(C)N. The highest BCUT2D eigenvalue weighted by Gasteiger charge is 2.11. The summed E-state index contributed by atoms with van der Waals surface area (Å²) in [6.45, 7) is 4.60. The van der Waals surface area contributed by atoms with E-state index in [1.807, 2.05) is 13.8 Å². The molecule has 0 aromatic carbocycles. The second-order valence-corrected chi connectivity index (χ2v) is 3.47. The molecule has 0 bridgehead atoms. The summed E-state index contributed by atoms with van der Waals surface area (Å²) in [4.78, 5) is 11.7. The highest BCUT2D eigenvalue weighted by atomic mass is 16.1. The average molecular weight is 195 g/mol. The molecule has 14 heavy (non-hydrogen) atoms. The molecule has 0 spiro atoms. The third-order valence-corrected chi connectivity index (χ3v) is 2.13. The van der Waals surface area contributed by atoms with Gasteiger partial charge < -0.3 is 5.73 Å². The molecule has 1 heterocycles. The van der Waals surface area contributed by atoms with Gasteiger partial charge in [0.25, 0.3) is 0 Å². The number of rotatable bonds is 5. The number of aromatic nitrogens is 2. The van der Waals surface area contributed by atoms with E-state index in [1.165, 1.54) is 0 Å². The van der Waals surface area contributed by atoms with E-state index in [4.69, 9.17) is 5.73 Å². The zero-order chi connectivity index (χ0) is 10.6. The van der Waals surface area contributed by atoms with Crippen molar-refractivity contribution in [2.75, 3.05) is 0 Å². The summed E-state index contributed by atoms with van der Waals surface area (Å²) in [5.74, 6) is 0.127. The van der Waals surface area contributed by atoms with Crippen LogP contribution < -0.4 is 5.73 Å². The minimum Gasteiger partial charge on any atom is -0.328 e. The number of nitrogens with zero attached hydrogens (tertiary/aromatic N) is 2. The molecule has 1 rings (SSSR count). The fourth-order valence-electron chi connectivity index (χ4n) is 1.31. The van der Waals surface area contributed by atoms with Crippen molar-refractivity contribution < 1.29 is 4.79 Å². The van der Waals surface area contributed by atoms with Crippen molar-refractivity contribution in [2.24, 2.45) is 5.73 Å². The van der Waals surface area contributed by atoms with E-state index in [2.05, 4.69) is 5.10 Å². The molecule has 4 nitrogen and oxygen atoms in total. The van der Waals surface area contributed by atoms with Gasteiger partial charge in [0.2, 0.25) is 0 Å². The molecule has 4 heteroatoms. The van der Waals surface area contributed by atoms with E-state index in [0.29, 0.717) is 12.1 Å². The molecule has 0 aliphatic rings. The van der Waals surface area contributed by atoms with Crippen LogP contribution in [0.4, 0.5) is 0 Å². The first-order chi connectivity index (χ1) is 6.65. The Morgan fingerprint density at radius 3 is 3.00 bits per heavy atom. The number of hydrogen-bond donors (Lipinski definition) is 1. The Labute approximate surface area is 84.1 Å². The van der Waals surface area contributed by atoms with Crippen molar-refractivity contribution >= 4 is 5.78 Å². The lowest BCUT2D eigenvalue weighted by Gasteiger charge is -2.05. The summed E-state index contributed by atoms with van der Waals surface area (Å²) in [5.41, 5.74) is 6.28. The van der Waals surface area contributed by atoms with Crippen molar-refractivity contribution in [3.8, 4) is 0 Å². The van der Waals surface area contributed by atoms with Crippen molar-refractivity contribution in [1.29, 1.82) is 0 Å². The number of hydrogen-bond acceptors (Lipinski definition) is 3. The smallest absolute Gasteiger partial charge is 0.180 e. The van der Waals surface area contributed by atoms with Gasteiger partial charge >= 0.3 is 0 Å². The van der Waals surface area contributed by atoms with E-state index in [0.717, 1.165) is 13.0 Å². The minimum atomic E-state index is 0.0805. The molecular weight excluding hydrogens is 178 g/mol. The van der Waals surface area contributed by atoms with Crippen molar-refractivity contribution in [2.45, 2.75) is 39.3 Å². The molecule has 0 radical (unpaired) electrons. The maximum absolute atomic E-state index is 11.7. The van der Waals surface area contributed by atoms with Crippen LogP contribution in [0.3, 0.4) is 0 Å². The molecule has 0 aliphatic heterocycles. The Bertz CT molecular complexity index is 304. The van der Waals surface area contributed by atoms with Crippen LogP contribution in [0.25, 0.3) is 0 Å². The van der Waals surface area contributed by atoms with E-state index < -0.39 is 0 Å². The molecule has 1 aromatic rings. The van der Waals surface area contributed by atoms with Crippen LogP contribution in [0.2, 0.25) is 0 Å². The van der Waals surface area contributed by atoms with Crippen molar-refractivity contribution in [3.63, 3.8) is 0 Å². The summed E-state index contributed by atoms with van der Waals surface area (Å²) in [5, 5.41) is 4.05. The lowest BCUT2D eigenvalue weighted by Crippen LogP contribution is -2.17. The van der Waals surface area contributed by atoms with E-state index in [-0.39, 0.29) is 11.8 Å². The molecule has 0 saturated carbocycles. The highest BCUT2D eigenvalue weighted by Crippen LogP contribution is 2.06. The van der Waals surface area contributed by atoms with Gasteiger partial charge in [-0.25, -0.2) is 0 Å². The second-order valence-electron chi connectivity index (χ2n) is 3.47. The fourth-order valence-corrected chi connectivity index (χ4v) is 1.31. The van der Waals surface area contributed by atoms with Gasteiger partial charge in [-0.2, -0.15) is 5.10 Å². The Hall–Kier alpha value is -1.16. The van der Waals surface area contributed by atoms with Crippen molar-refractivity contribution in [3.05, 3.63) is 18.0 Å². The van der Waals surface area contributed by atoms with Crippen LogP contribution >= 0.6 is 0 Å². The Morgan fingerprint density at radius 2 is 2.43 bits per heavy atom. The van der Waals surface area contributed by atoms with E-state index >= 15 is 0 Å². The lowest BCUT2D eigenvalue weighted by molar-refractivity contribution is 0.0967. The Morgan fingerprint density at radius 1 is 1.71 bits per heavy atom. The number of aryl methyl sites for hydroxylation is 1. The van der Waals surface area contributed by atoms with E-state index in [1.54, 1.807) is 16.9 Å². The summed E-state index contributed by atoms with van der Waals surface area (Å²) in [6.07, 6.45) is 2.89. The third kappa shape index (κ3) is 2.67. The molecule has 0 fully saturated rings.